The third kappa shape index (κ3) is 5.10. The fraction of sp³-hybridized carbons (Fsp3) is 0.480. The maximum Gasteiger partial charge on any atom is 0.262 e. The smallest absolute Gasteiger partial charge is 0.262 e. The van der Waals surface area contributed by atoms with Crippen molar-refractivity contribution < 1.29 is 31.1 Å². The molecule has 190 valence electrons. The third-order valence-electron chi connectivity index (χ3n) is 6.99. The highest BCUT2D eigenvalue weighted by atomic mass is 32.2. The van der Waals surface area contributed by atoms with Gasteiger partial charge in [0.15, 0.2) is 0 Å². The molecule has 0 radical (unpaired) electrons. The van der Waals surface area contributed by atoms with Crippen molar-refractivity contribution in [2.75, 3.05) is 26.3 Å². The molecule has 1 heterocycles. The van der Waals surface area contributed by atoms with Crippen LogP contribution >= 0.6 is 0 Å². The van der Waals surface area contributed by atoms with Crippen LogP contribution in [0.3, 0.4) is 0 Å². The maximum atomic E-state index is 15.6. The predicted octanol–water partition coefficient (Wildman–Crippen LogP) is 3.62. The van der Waals surface area contributed by atoms with Gasteiger partial charge in [0.1, 0.15) is 5.82 Å². The van der Waals surface area contributed by atoms with Crippen LogP contribution in [0, 0.1) is 11.2 Å². The monoisotopic (exact) mass is 510 g/mol. The lowest BCUT2D eigenvalue weighted by Gasteiger charge is -2.32. The summed E-state index contributed by atoms with van der Waals surface area (Å²) in [5, 5.41) is 0. The number of amides is 1. The van der Waals surface area contributed by atoms with Gasteiger partial charge in [0.2, 0.25) is 21.7 Å². The van der Waals surface area contributed by atoms with Crippen molar-refractivity contribution >= 4 is 15.9 Å². The topological polar surface area (TPSA) is 75.7 Å². The zero-order valence-corrected chi connectivity index (χ0v) is 20.5. The first-order chi connectivity index (χ1) is 16.5. The van der Waals surface area contributed by atoms with Crippen LogP contribution in [-0.2, 0) is 26.0 Å². The maximum absolute atomic E-state index is 15.6. The van der Waals surface area contributed by atoms with Gasteiger partial charge in [-0.25, -0.2) is 26.3 Å². The Morgan fingerprint density at radius 3 is 2.49 bits per heavy atom. The minimum absolute atomic E-state index is 0.0669. The summed E-state index contributed by atoms with van der Waals surface area (Å²) >= 11 is 0. The van der Waals surface area contributed by atoms with Crippen molar-refractivity contribution in [3.8, 4) is 11.1 Å². The number of nitrogens with one attached hydrogen (secondary N) is 1. The number of halogens is 3. The summed E-state index contributed by atoms with van der Waals surface area (Å²) in [5.74, 6) is -1.37. The summed E-state index contributed by atoms with van der Waals surface area (Å²) in [6, 6.07) is 10.4. The highest BCUT2D eigenvalue weighted by Gasteiger charge is 2.62. The molecule has 1 amide bonds. The average molecular weight is 511 g/mol. The molecular weight excluding hydrogens is 481 g/mol. The second kappa shape index (κ2) is 9.55. The van der Waals surface area contributed by atoms with E-state index < -0.39 is 57.5 Å². The van der Waals surface area contributed by atoms with Gasteiger partial charge in [0.05, 0.1) is 12.6 Å². The Morgan fingerprint density at radius 2 is 1.89 bits per heavy atom. The number of rotatable bonds is 9. The number of sulfonamides is 1. The fourth-order valence-corrected chi connectivity index (χ4v) is 5.94. The predicted molar refractivity (Wildman–Crippen MR) is 126 cm³/mol. The summed E-state index contributed by atoms with van der Waals surface area (Å²) in [6.45, 7) is 0.713. The number of alkyl halides is 2. The van der Waals surface area contributed by atoms with Crippen molar-refractivity contribution in [1.29, 1.82) is 0 Å². The molecular formula is C25H29F3N2O4S. The Balaban J connectivity index is 1.74. The molecule has 3 atom stereocenters. The SMILES string of the molecule is COC[C@](C)(F)C(=O)N1CC2(CC2)[C@H](NS(=O)(=O)CF)[C@@H]1Cc1cccc(-c2ccccc2)c1F. The van der Waals surface area contributed by atoms with Gasteiger partial charge in [-0.2, -0.15) is 0 Å². The molecule has 6 nitrogen and oxygen atoms in total. The summed E-state index contributed by atoms with van der Waals surface area (Å²) in [5.41, 5.74) is -1.73. The standard InChI is InChI=1S/C25H29F3N2O4S/c1-24(28,15-34-2)23(31)30-14-25(11-12-25)22(29-35(32,33)16-26)20(30)13-18-9-6-10-19(21(18)27)17-7-4-3-5-8-17/h3-10,20,22,29H,11-16H2,1-2H3/t20-,22+,24-/m0/s1. The number of carbonyl (C=O) groups excluding carboxylic acids is 1. The average Bonchev–Trinajstić information content (AvgIpc) is 3.55. The van der Waals surface area contributed by atoms with Crippen LogP contribution in [-0.4, -0.2) is 63.2 Å². The molecule has 0 unspecified atom stereocenters. The van der Waals surface area contributed by atoms with E-state index in [4.69, 9.17) is 4.74 Å². The van der Waals surface area contributed by atoms with Crippen molar-refractivity contribution in [3.63, 3.8) is 0 Å². The van der Waals surface area contributed by atoms with Crippen molar-refractivity contribution in [2.45, 2.75) is 43.9 Å². The molecule has 2 aromatic carbocycles. The molecule has 1 aliphatic carbocycles. The number of benzene rings is 2. The molecule has 4 rings (SSSR count). The second-order valence-electron chi connectivity index (χ2n) is 9.66. The Hall–Kier alpha value is -2.43. The lowest BCUT2D eigenvalue weighted by Crippen LogP contribution is -2.54. The molecule has 2 aliphatic rings. The first-order valence-electron chi connectivity index (χ1n) is 11.4. The van der Waals surface area contributed by atoms with E-state index in [9.17, 15) is 17.6 Å². The van der Waals surface area contributed by atoms with E-state index in [0.29, 0.717) is 24.0 Å². The molecule has 1 saturated carbocycles. The first kappa shape index (κ1) is 25.7. The van der Waals surface area contributed by atoms with Crippen molar-refractivity contribution in [2.24, 2.45) is 5.41 Å². The molecule has 1 aliphatic heterocycles. The Labute approximate surface area is 203 Å². The van der Waals surface area contributed by atoms with Gasteiger partial charge in [-0.1, -0.05) is 48.5 Å². The number of carbonyl (C=O) groups is 1. The third-order valence-corrected chi connectivity index (χ3v) is 7.89. The first-order valence-corrected chi connectivity index (χ1v) is 13.1. The molecule has 2 aromatic rings. The van der Waals surface area contributed by atoms with Gasteiger partial charge in [0.25, 0.3) is 5.91 Å². The lowest BCUT2D eigenvalue weighted by molar-refractivity contribution is -0.147. The summed E-state index contributed by atoms with van der Waals surface area (Å²) < 4.78 is 75.7. The summed E-state index contributed by atoms with van der Waals surface area (Å²) in [4.78, 5) is 14.5. The highest BCUT2D eigenvalue weighted by molar-refractivity contribution is 7.89. The molecule has 0 aromatic heterocycles. The minimum atomic E-state index is -4.28. The van der Waals surface area contributed by atoms with Crippen LogP contribution < -0.4 is 4.72 Å². The number of methoxy groups -OCH3 is 1. The number of ether oxygens (including phenoxy) is 1. The van der Waals surface area contributed by atoms with Gasteiger partial charge in [0, 0.05) is 30.7 Å². The number of likely N-dealkylation sites (tertiary alicyclic amines) is 1. The van der Waals surface area contributed by atoms with Gasteiger partial charge < -0.3 is 9.64 Å². The van der Waals surface area contributed by atoms with Crippen LogP contribution in [0.5, 0.6) is 0 Å². The minimum Gasteiger partial charge on any atom is -0.381 e. The second-order valence-corrected chi connectivity index (χ2v) is 11.3. The Kier molecular flexibility index (Phi) is 7.00. The van der Waals surface area contributed by atoms with Crippen LogP contribution in [0.25, 0.3) is 11.1 Å². The fourth-order valence-electron chi connectivity index (χ4n) is 5.09. The number of hydrogen-bond donors (Lipinski definition) is 1. The van der Waals surface area contributed by atoms with E-state index >= 15 is 8.78 Å². The molecule has 0 bridgehead atoms. The van der Waals surface area contributed by atoms with Crippen LogP contribution in [0.4, 0.5) is 13.2 Å². The van der Waals surface area contributed by atoms with Gasteiger partial charge in [-0.15, -0.1) is 0 Å². The van der Waals surface area contributed by atoms with Gasteiger partial charge in [-0.05, 0) is 37.3 Å². The molecule has 1 spiro atoms. The molecule has 35 heavy (non-hydrogen) atoms. The van der Waals surface area contributed by atoms with Crippen molar-refractivity contribution in [3.05, 3.63) is 59.9 Å². The summed E-state index contributed by atoms with van der Waals surface area (Å²) in [6.07, 6.45) is 1.11. The number of hydrogen-bond acceptors (Lipinski definition) is 4. The van der Waals surface area contributed by atoms with E-state index in [-0.39, 0.29) is 18.5 Å². The quantitative estimate of drug-likeness (QED) is 0.559. The Bertz CT molecular complexity index is 1190. The zero-order valence-electron chi connectivity index (χ0n) is 19.6. The van der Waals surface area contributed by atoms with E-state index in [1.807, 2.05) is 6.07 Å². The molecule has 1 N–H and O–H groups in total. The van der Waals surface area contributed by atoms with E-state index in [1.54, 1.807) is 42.5 Å². The lowest BCUT2D eigenvalue weighted by atomic mass is 9.91. The van der Waals surface area contributed by atoms with Crippen LogP contribution in [0.2, 0.25) is 0 Å². The number of nitrogens with zero attached hydrogens (tertiary/aromatic N) is 1. The zero-order chi connectivity index (χ0) is 25.4. The normalized spacial score (nSPS) is 22.8. The molecule has 10 heteroatoms. The van der Waals surface area contributed by atoms with E-state index in [2.05, 4.69) is 4.72 Å². The van der Waals surface area contributed by atoms with E-state index in [1.165, 1.54) is 12.0 Å². The Morgan fingerprint density at radius 1 is 1.20 bits per heavy atom. The largest absolute Gasteiger partial charge is 0.381 e. The van der Waals surface area contributed by atoms with Crippen molar-refractivity contribution in [1.82, 2.24) is 9.62 Å². The van der Waals surface area contributed by atoms with Gasteiger partial charge >= 0.3 is 0 Å². The molecule has 1 saturated heterocycles. The van der Waals surface area contributed by atoms with Crippen LogP contribution in [0.1, 0.15) is 25.3 Å². The van der Waals surface area contributed by atoms with Gasteiger partial charge in [-0.3, -0.25) is 4.79 Å². The summed E-state index contributed by atoms with van der Waals surface area (Å²) in [7, 11) is -3.01. The molecule has 2 fully saturated rings. The van der Waals surface area contributed by atoms with E-state index in [0.717, 1.165) is 6.92 Å². The van der Waals surface area contributed by atoms with Crippen LogP contribution in [0.15, 0.2) is 48.5 Å². The highest BCUT2D eigenvalue weighted by Crippen LogP contribution is 2.56.